The van der Waals surface area contributed by atoms with Crippen LogP contribution < -0.4 is 0 Å². The molecule has 0 aliphatic heterocycles. The fraction of sp³-hybridized carbons (Fsp3) is 0.143. The summed E-state index contributed by atoms with van der Waals surface area (Å²) in [5.74, 6) is 0. The van der Waals surface area contributed by atoms with Gasteiger partial charge in [-0.1, -0.05) is 27.5 Å². The van der Waals surface area contributed by atoms with E-state index in [1.807, 2.05) is 0 Å². The van der Waals surface area contributed by atoms with Crippen LogP contribution in [-0.4, -0.2) is 14.7 Å². The lowest BCUT2D eigenvalue weighted by Crippen LogP contribution is -1.97. The van der Waals surface area contributed by atoms with Crippen LogP contribution in [0.15, 0.2) is 21.5 Å². The highest BCUT2D eigenvalue weighted by molar-refractivity contribution is 9.10. The molecule has 0 aliphatic rings. The average Bonchev–Trinajstić information content (AvgIpc) is 1.83. The van der Waals surface area contributed by atoms with Gasteiger partial charge in [0.1, 0.15) is 0 Å². The molecular formula is C7H5BrClO2S. The van der Waals surface area contributed by atoms with Gasteiger partial charge in [-0.25, -0.2) is 8.42 Å². The maximum absolute atomic E-state index is 11.0. The number of hydrogen-bond acceptors (Lipinski definition) is 2. The number of sulfone groups is 1. The lowest BCUT2D eigenvalue weighted by Gasteiger charge is -2.00. The molecule has 5 heteroatoms. The molecular weight excluding hydrogens is 263 g/mol. The summed E-state index contributed by atoms with van der Waals surface area (Å²) in [7, 11) is -3.23. The molecule has 0 fully saturated rings. The number of rotatable bonds is 1. The molecule has 0 spiro atoms. The van der Waals surface area contributed by atoms with Crippen LogP contribution in [0.5, 0.6) is 0 Å². The summed E-state index contributed by atoms with van der Waals surface area (Å²) >= 11 is 8.81. The first-order valence-corrected chi connectivity index (χ1v) is 6.04. The van der Waals surface area contributed by atoms with E-state index >= 15 is 0 Å². The van der Waals surface area contributed by atoms with Crippen molar-refractivity contribution in [2.75, 3.05) is 6.26 Å². The molecule has 0 aliphatic carbocycles. The fourth-order valence-corrected chi connectivity index (χ4v) is 2.46. The van der Waals surface area contributed by atoms with Crippen LogP contribution in [0.4, 0.5) is 0 Å². The Hall–Kier alpha value is -0.0600. The van der Waals surface area contributed by atoms with E-state index in [0.29, 0.717) is 4.47 Å². The van der Waals surface area contributed by atoms with Gasteiger partial charge in [-0.2, -0.15) is 0 Å². The number of benzene rings is 1. The molecule has 65 valence electrons. The second-order valence-electron chi connectivity index (χ2n) is 2.27. The minimum atomic E-state index is -3.23. The molecule has 0 saturated carbocycles. The van der Waals surface area contributed by atoms with Gasteiger partial charge in [0.25, 0.3) is 0 Å². The maximum atomic E-state index is 11.0. The zero-order valence-electron chi connectivity index (χ0n) is 6.14. The zero-order chi connectivity index (χ0) is 9.35. The normalized spacial score (nSPS) is 11.6. The van der Waals surface area contributed by atoms with Gasteiger partial charge in [-0.15, -0.1) is 0 Å². The van der Waals surface area contributed by atoms with Crippen molar-refractivity contribution in [1.82, 2.24) is 0 Å². The van der Waals surface area contributed by atoms with Crippen molar-refractivity contribution >= 4 is 37.4 Å². The molecule has 1 rings (SSSR count). The molecule has 0 bridgehead atoms. The summed E-state index contributed by atoms with van der Waals surface area (Å²) in [5.41, 5.74) is 0. The van der Waals surface area contributed by atoms with Crippen LogP contribution in [0, 0.1) is 6.07 Å². The molecule has 1 aromatic carbocycles. The third kappa shape index (κ3) is 2.21. The number of hydrogen-bond donors (Lipinski definition) is 0. The highest BCUT2D eigenvalue weighted by Gasteiger charge is 2.11. The van der Waals surface area contributed by atoms with Gasteiger partial charge in [0.05, 0.1) is 9.92 Å². The van der Waals surface area contributed by atoms with Crippen LogP contribution >= 0.6 is 27.5 Å². The van der Waals surface area contributed by atoms with Crippen LogP contribution in [-0.2, 0) is 9.84 Å². The second kappa shape index (κ2) is 3.36. The molecule has 1 radical (unpaired) electrons. The molecule has 0 unspecified atom stereocenters. The van der Waals surface area contributed by atoms with E-state index in [2.05, 4.69) is 22.0 Å². The van der Waals surface area contributed by atoms with Crippen LogP contribution in [0.3, 0.4) is 0 Å². The zero-order valence-corrected chi connectivity index (χ0v) is 9.29. The SMILES string of the molecule is CS(=O)(=O)c1c[c]c(Br)cc1Cl. The van der Waals surface area contributed by atoms with Crippen molar-refractivity contribution < 1.29 is 8.42 Å². The van der Waals surface area contributed by atoms with Crippen molar-refractivity contribution in [2.45, 2.75) is 4.90 Å². The first-order valence-electron chi connectivity index (χ1n) is 2.98. The Morgan fingerprint density at radius 1 is 1.58 bits per heavy atom. The lowest BCUT2D eigenvalue weighted by molar-refractivity contribution is 0.602. The highest BCUT2D eigenvalue weighted by Crippen LogP contribution is 2.24. The molecule has 12 heavy (non-hydrogen) atoms. The molecule has 0 saturated heterocycles. The summed E-state index contributed by atoms with van der Waals surface area (Å²) < 4.78 is 22.7. The predicted octanol–water partition coefficient (Wildman–Crippen LogP) is 2.31. The Morgan fingerprint density at radius 2 is 2.17 bits per heavy atom. The highest BCUT2D eigenvalue weighted by atomic mass is 79.9. The van der Waals surface area contributed by atoms with E-state index < -0.39 is 9.84 Å². The average molecular weight is 269 g/mol. The first kappa shape index (κ1) is 10.0. The molecule has 0 amide bonds. The monoisotopic (exact) mass is 267 g/mol. The molecule has 0 atom stereocenters. The van der Waals surface area contributed by atoms with Gasteiger partial charge in [-0.3, -0.25) is 0 Å². The summed E-state index contributed by atoms with van der Waals surface area (Å²) in [6.45, 7) is 0. The molecule has 1 aromatic rings. The van der Waals surface area contributed by atoms with Gasteiger partial charge in [0, 0.05) is 10.7 Å². The summed E-state index contributed by atoms with van der Waals surface area (Å²) in [6.07, 6.45) is 1.11. The van der Waals surface area contributed by atoms with Crippen molar-refractivity contribution in [3.8, 4) is 0 Å². The van der Waals surface area contributed by atoms with E-state index in [4.69, 9.17) is 11.6 Å². The summed E-state index contributed by atoms with van der Waals surface area (Å²) in [5, 5.41) is 0.211. The Balaban J connectivity index is 3.39. The van der Waals surface area contributed by atoms with E-state index in [0.717, 1.165) is 6.26 Å². The van der Waals surface area contributed by atoms with Crippen molar-refractivity contribution in [3.05, 3.63) is 27.7 Å². The number of halogens is 2. The Morgan fingerprint density at radius 3 is 2.58 bits per heavy atom. The molecule has 0 aromatic heterocycles. The van der Waals surface area contributed by atoms with Gasteiger partial charge in [0.15, 0.2) is 9.84 Å². The topological polar surface area (TPSA) is 34.1 Å². The third-order valence-corrected chi connectivity index (χ3v) is 3.25. The van der Waals surface area contributed by atoms with Gasteiger partial charge in [-0.05, 0) is 18.2 Å². The van der Waals surface area contributed by atoms with Gasteiger partial charge >= 0.3 is 0 Å². The van der Waals surface area contributed by atoms with Crippen LogP contribution in [0.1, 0.15) is 0 Å². The summed E-state index contributed by atoms with van der Waals surface area (Å²) in [6, 6.07) is 5.55. The van der Waals surface area contributed by atoms with E-state index in [1.54, 1.807) is 0 Å². The van der Waals surface area contributed by atoms with Gasteiger partial charge < -0.3 is 0 Å². The Labute approximate surface area is 84.6 Å². The minimum Gasteiger partial charge on any atom is -0.224 e. The van der Waals surface area contributed by atoms with Crippen molar-refractivity contribution in [2.24, 2.45) is 0 Å². The Bertz CT molecular complexity index is 400. The molecule has 0 heterocycles. The van der Waals surface area contributed by atoms with Crippen molar-refractivity contribution in [3.63, 3.8) is 0 Å². The van der Waals surface area contributed by atoms with E-state index in [-0.39, 0.29) is 9.92 Å². The maximum Gasteiger partial charge on any atom is 0.177 e. The predicted molar refractivity (Wildman–Crippen MR) is 51.1 cm³/mol. The Kier molecular flexibility index (Phi) is 2.81. The standard InChI is InChI=1S/C7H5BrClO2S/c1-12(10,11)7-3-2-5(8)4-6(7)9/h3-4H,1H3. The smallest absolute Gasteiger partial charge is 0.177 e. The van der Waals surface area contributed by atoms with Crippen molar-refractivity contribution in [1.29, 1.82) is 0 Å². The van der Waals surface area contributed by atoms with Crippen LogP contribution in [0.25, 0.3) is 0 Å². The quantitative estimate of drug-likeness (QED) is 0.783. The van der Waals surface area contributed by atoms with Crippen LogP contribution in [0.2, 0.25) is 5.02 Å². The molecule has 0 N–H and O–H groups in total. The summed E-state index contributed by atoms with van der Waals surface area (Å²) in [4.78, 5) is 0.104. The third-order valence-electron chi connectivity index (χ3n) is 1.23. The largest absolute Gasteiger partial charge is 0.224 e. The lowest BCUT2D eigenvalue weighted by atomic mass is 10.4. The minimum absolute atomic E-state index is 0.104. The molecule has 2 nitrogen and oxygen atoms in total. The van der Waals surface area contributed by atoms with E-state index in [1.165, 1.54) is 12.1 Å². The first-order chi connectivity index (χ1) is 5.41. The van der Waals surface area contributed by atoms with E-state index in [9.17, 15) is 8.42 Å². The second-order valence-corrected chi connectivity index (χ2v) is 5.51. The van der Waals surface area contributed by atoms with Gasteiger partial charge in [0.2, 0.25) is 0 Å². The fourth-order valence-electron chi connectivity index (χ4n) is 0.712.